The van der Waals surface area contributed by atoms with E-state index in [0.29, 0.717) is 5.69 Å². The van der Waals surface area contributed by atoms with Gasteiger partial charge in [-0.1, -0.05) is 18.2 Å². The summed E-state index contributed by atoms with van der Waals surface area (Å²) in [6.07, 6.45) is 0. The van der Waals surface area contributed by atoms with Gasteiger partial charge in [0.1, 0.15) is 5.55 Å². The van der Waals surface area contributed by atoms with Gasteiger partial charge in [0.15, 0.2) is 6.73 Å². The summed E-state index contributed by atoms with van der Waals surface area (Å²) < 4.78 is 4.84. The minimum atomic E-state index is -0.493. The van der Waals surface area contributed by atoms with Crippen molar-refractivity contribution >= 4 is 40.9 Å². The van der Waals surface area contributed by atoms with Gasteiger partial charge in [0, 0.05) is 5.69 Å². The van der Waals surface area contributed by atoms with Crippen molar-refractivity contribution in [2.45, 2.75) is 0 Å². The molecule has 0 aliphatic carbocycles. The molecular weight excluding hydrogens is 218 g/mol. The van der Waals surface area contributed by atoms with Gasteiger partial charge in [-0.05, 0) is 36.6 Å². The third-order valence-electron chi connectivity index (χ3n) is 1.56. The first-order valence-corrected chi connectivity index (χ1v) is 4.72. The van der Waals surface area contributed by atoms with E-state index < -0.39 is 5.17 Å². The molecule has 0 saturated carbocycles. The quantitative estimate of drug-likeness (QED) is 0.581. The molecule has 0 N–H and O–H groups in total. The standard InChI is InChI=1S/C9H8NO2S2/c11-9(14)10(6-12-7-13)8-4-2-1-3-5-8/h1-5,7H,6H2. The molecule has 0 aromatic heterocycles. The topological polar surface area (TPSA) is 32.4 Å². The van der Waals surface area contributed by atoms with Gasteiger partial charge in [-0.3, -0.25) is 10.0 Å². The van der Waals surface area contributed by atoms with E-state index >= 15 is 0 Å². The second-order valence-corrected chi connectivity index (χ2v) is 2.96. The number of nitrogens with zero attached hydrogens (tertiary/aromatic N) is 1. The number of para-hydroxylation sites is 1. The molecule has 0 heterocycles. The van der Waals surface area contributed by atoms with Crippen molar-refractivity contribution in [3.05, 3.63) is 30.3 Å². The van der Waals surface area contributed by atoms with E-state index in [2.05, 4.69) is 24.4 Å². The van der Waals surface area contributed by atoms with E-state index in [4.69, 9.17) is 4.74 Å². The molecule has 73 valence electrons. The van der Waals surface area contributed by atoms with Gasteiger partial charge in [0.2, 0.25) is 0 Å². The zero-order valence-corrected chi connectivity index (χ0v) is 8.88. The van der Waals surface area contributed by atoms with Crippen molar-refractivity contribution in [2.75, 3.05) is 11.6 Å². The Morgan fingerprint density at radius 3 is 2.57 bits per heavy atom. The Morgan fingerprint density at radius 1 is 1.43 bits per heavy atom. The van der Waals surface area contributed by atoms with Crippen LogP contribution < -0.4 is 4.90 Å². The fourth-order valence-electron chi connectivity index (χ4n) is 0.946. The van der Waals surface area contributed by atoms with Crippen molar-refractivity contribution in [1.29, 1.82) is 0 Å². The molecule has 0 amide bonds. The molecule has 0 fully saturated rings. The maximum absolute atomic E-state index is 11.1. The van der Waals surface area contributed by atoms with Crippen LogP contribution in [-0.2, 0) is 9.84 Å². The second-order valence-electron chi connectivity index (χ2n) is 2.42. The van der Waals surface area contributed by atoms with Crippen LogP contribution in [0.3, 0.4) is 0 Å². The molecular formula is C9H8NO2S2. The highest BCUT2D eigenvalue weighted by atomic mass is 32.1. The fourth-order valence-corrected chi connectivity index (χ4v) is 1.16. The maximum atomic E-state index is 11.1. The molecule has 1 rings (SSSR count). The van der Waals surface area contributed by atoms with Crippen LogP contribution in [0.15, 0.2) is 30.3 Å². The van der Waals surface area contributed by atoms with E-state index in [1.165, 1.54) is 4.90 Å². The number of rotatable bonds is 4. The third-order valence-corrected chi connectivity index (χ3v) is 1.92. The van der Waals surface area contributed by atoms with Crippen LogP contribution >= 0.6 is 24.4 Å². The average molecular weight is 226 g/mol. The molecule has 1 aromatic carbocycles. The van der Waals surface area contributed by atoms with Crippen LogP contribution in [0.5, 0.6) is 0 Å². The van der Waals surface area contributed by atoms with Gasteiger partial charge in [0.05, 0.1) is 0 Å². The summed E-state index contributed by atoms with van der Waals surface area (Å²) >= 11 is 9.04. The van der Waals surface area contributed by atoms with Gasteiger partial charge in [-0.25, -0.2) is 0 Å². The lowest BCUT2D eigenvalue weighted by Crippen LogP contribution is -2.30. The predicted octanol–water partition coefficient (Wildman–Crippen LogP) is 2.14. The number of hydrogen-bond donors (Lipinski definition) is 0. The van der Waals surface area contributed by atoms with Crippen molar-refractivity contribution in [1.82, 2.24) is 0 Å². The van der Waals surface area contributed by atoms with Crippen LogP contribution in [-0.4, -0.2) is 17.5 Å². The monoisotopic (exact) mass is 226 g/mol. The van der Waals surface area contributed by atoms with Gasteiger partial charge < -0.3 is 4.74 Å². The van der Waals surface area contributed by atoms with Crippen LogP contribution in [0.1, 0.15) is 0 Å². The number of benzene rings is 1. The predicted molar refractivity (Wildman–Crippen MR) is 61.8 cm³/mol. The molecule has 1 aromatic rings. The molecule has 0 saturated heterocycles. The van der Waals surface area contributed by atoms with Crippen LogP contribution in [0.2, 0.25) is 0 Å². The Morgan fingerprint density at radius 2 is 2.07 bits per heavy atom. The minimum Gasteiger partial charge on any atom is -0.469 e. The normalized spacial score (nSPS) is 9.14. The minimum absolute atomic E-state index is 0.0514. The molecule has 0 bridgehead atoms. The Bertz CT molecular complexity index is 316. The van der Waals surface area contributed by atoms with Crippen LogP contribution in [0.4, 0.5) is 5.69 Å². The lowest BCUT2D eigenvalue weighted by molar-refractivity contribution is 0.322. The Labute approximate surface area is 92.9 Å². The zero-order chi connectivity index (χ0) is 10.4. The summed E-state index contributed by atoms with van der Waals surface area (Å²) in [4.78, 5) is 1.32. The summed E-state index contributed by atoms with van der Waals surface area (Å²) in [5, 5.41) is 10.6. The van der Waals surface area contributed by atoms with E-state index in [0.717, 1.165) is 5.55 Å². The molecule has 14 heavy (non-hydrogen) atoms. The van der Waals surface area contributed by atoms with Crippen LogP contribution in [0, 0.1) is 0 Å². The Kier molecular flexibility index (Phi) is 4.28. The molecule has 5 heteroatoms. The van der Waals surface area contributed by atoms with Crippen molar-refractivity contribution < 1.29 is 9.84 Å². The van der Waals surface area contributed by atoms with E-state index in [1.54, 1.807) is 12.1 Å². The first kappa shape index (κ1) is 10.9. The molecule has 0 unspecified atom stereocenters. The zero-order valence-electron chi connectivity index (χ0n) is 7.25. The van der Waals surface area contributed by atoms with Crippen molar-refractivity contribution in [3.63, 3.8) is 0 Å². The SMILES string of the molecule is [O]C(=S)N(COC=S)c1ccccc1. The number of thiocarbonyl (C=S) groups is 2. The van der Waals surface area contributed by atoms with Gasteiger partial charge in [-0.2, -0.15) is 0 Å². The molecule has 0 spiro atoms. The summed E-state index contributed by atoms with van der Waals surface area (Å²) in [6.45, 7) is 0.0514. The molecule has 3 nitrogen and oxygen atoms in total. The molecule has 0 aliphatic rings. The number of hydrogen-bond acceptors (Lipinski definition) is 3. The summed E-state index contributed by atoms with van der Waals surface area (Å²) in [5.41, 5.74) is 1.80. The van der Waals surface area contributed by atoms with Gasteiger partial charge >= 0.3 is 5.17 Å². The highest BCUT2D eigenvalue weighted by Gasteiger charge is 2.11. The van der Waals surface area contributed by atoms with E-state index in [1.807, 2.05) is 18.2 Å². The first-order chi connectivity index (χ1) is 6.75. The van der Waals surface area contributed by atoms with E-state index in [9.17, 15) is 5.11 Å². The number of ether oxygens (including phenoxy) is 1. The Balaban J connectivity index is 2.78. The van der Waals surface area contributed by atoms with Crippen molar-refractivity contribution in [2.24, 2.45) is 0 Å². The fraction of sp³-hybridized carbons (Fsp3) is 0.111. The number of anilines is 1. The lowest BCUT2D eigenvalue weighted by Gasteiger charge is -2.18. The average Bonchev–Trinajstić information content (AvgIpc) is 2.19. The van der Waals surface area contributed by atoms with E-state index in [-0.39, 0.29) is 6.73 Å². The smallest absolute Gasteiger partial charge is 0.320 e. The molecule has 0 aliphatic heterocycles. The molecule has 1 radical (unpaired) electrons. The maximum Gasteiger partial charge on any atom is 0.320 e. The summed E-state index contributed by atoms with van der Waals surface area (Å²) in [6, 6.07) is 9.04. The largest absolute Gasteiger partial charge is 0.469 e. The van der Waals surface area contributed by atoms with Gasteiger partial charge in [0.25, 0.3) is 0 Å². The summed E-state index contributed by atoms with van der Waals surface area (Å²) in [7, 11) is 0. The molecule has 0 atom stereocenters. The van der Waals surface area contributed by atoms with Crippen molar-refractivity contribution in [3.8, 4) is 0 Å². The lowest BCUT2D eigenvalue weighted by atomic mass is 10.3. The highest BCUT2D eigenvalue weighted by molar-refractivity contribution is 7.80. The Hall–Kier alpha value is -1.20. The second kappa shape index (κ2) is 5.51. The third kappa shape index (κ3) is 2.93. The van der Waals surface area contributed by atoms with Crippen LogP contribution in [0.25, 0.3) is 0 Å². The van der Waals surface area contributed by atoms with Gasteiger partial charge in [-0.15, -0.1) is 0 Å². The first-order valence-electron chi connectivity index (χ1n) is 3.84. The highest BCUT2D eigenvalue weighted by Crippen LogP contribution is 2.13. The summed E-state index contributed by atoms with van der Waals surface area (Å²) in [5.74, 6) is 0.